The average molecular weight is 276 g/mol. The van der Waals surface area contributed by atoms with Crippen LogP contribution < -0.4 is 4.74 Å². The predicted molar refractivity (Wildman–Crippen MR) is 83.2 cm³/mol. The van der Waals surface area contributed by atoms with Crippen molar-refractivity contribution in [3.05, 3.63) is 30.3 Å². The molecule has 2 unspecified atom stereocenters. The second kappa shape index (κ2) is 9.02. The fraction of sp³-hybridized carbons (Fsp3) is 0.667. The van der Waals surface area contributed by atoms with Gasteiger partial charge in [0.2, 0.25) is 0 Å². The maximum atomic E-state index is 5.71. The van der Waals surface area contributed by atoms with Gasteiger partial charge in [0.15, 0.2) is 0 Å². The molecule has 2 heteroatoms. The van der Waals surface area contributed by atoms with Gasteiger partial charge in [-0.2, -0.15) is 0 Å². The van der Waals surface area contributed by atoms with E-state index in [9.17, 15) is 0 Å². The van der Waals surface area contributed by atoms with E-state index in [1.165, 1.54) is 51.4 Å². The van der Waals surface area contributed by atoms with Gasteiger partial charge in [0.05, 0.1) is 6.10 Å². The van der Waals surface area contributed by atoms with Crippen molar-refractivity contribution in [1.29, 1.82) is 0 Å². The lowest BCUT2D eigenvalue weighted by molar-refractivity contribution is 0.259. The van der Waals surface area contributed by atoms with Crippen LogP contribution in [0.3, 0.4) is 0 Å². The van der Waals surface area contributed by atoms with Crippen molar-refractivity contribution in [2.45, 2.75) is 70.5 Å². The second-order valence-corrected chi connectivity index (χ2v) is 5.75. The first kappa shape index (κ1) is 15.4. The summed E-state index contributed by atoms with van der Waals surface area (Å²) in [6.07, 6.45) is 11.6. The fourth-order valence-corrected chi connectivity index (χ4v) is 2.58. The van der Waals surface area contributed by atoms with Crippen LogP contribution in [-0.2, 0) is 4.74 Å². The van der Waals surface area contributed by atoms with E-state index in [1.807, 2.05) is 30.3 Å². The van der Waals surface area contributed by atoms with Crippen molar-refractivity contribution in [3.8, 4) is 5.75 Å². The molecular formula is C18H28O2. The third-order valence-corrected chi connectivity index (χ3v) is 3.94. The highest BCUT2D eigenvalue weighted by Crippen LogP contribution is 2.28. The summed E-state index contributed by atoms with van der Waals surface area (Å²) in [6.45, 7) is 2.97. The molecule has 1 aliphatic rings. The maximum absolute atomic E-state index is 5.71. The number of ether oxygens (including phenoxy) is 2. The zero-order chi connectivity index (χ0) is 14.0. The monoisotopic (exact) mass is 276 g/mol. The van der Waals surface area contributed by atoms with Crippen LogP contribution in [0.1, 0.15) is 58.3 Å². The molecule has 2 nitrogen and oxygen atoms in total. The molecule has 1 aromatic carbocycles. The molecule has 20 heavy (non-hydrogen) atoms. The van der Waals surface area contributed by atoms with Crippen molar-refractivity contribution in [3.63, 3.8) is 0 Å². The van der Waals surface area contributed by atoms with Gasteiger partial charge in [0.25, 0.3) is 0 Å². The Hall–Kier alpha value is -1.02. The van der Waals surface area contributed by atoms with Gasteiger partial charge in [-0.15, -0.1) is 0 Å². The van der Waals surface area contributed by atoms with Crippen LogP contribution in [-0.4, -0.2) is 18.8 Å². The number of epoxide rings is 1. The first-order chi connectivity index (χ1) is 9.90. The molecular weight excluding hydrogens is 248 g/mol. The molecule has 2 rings (SSSR count). The number of hydrogen-bond acceptors (Lipinski definition) is 2. The zero-order valence-electron chi connectivity index (χ0n) is 12.7. The lowest BCUT2D eigenvalue weighted by Gasteiger charge is -2.03. The summed E-state index contributed by atoms with van der Waals surface area (Å²) in [7, 11) is 0. The topological polar surface area (TPSA) is 21.8 Å². The van der Waals surface area contributed by atoms with Crippen LogP contribution in [0.5, 0.6) is 5.75 Å². The highest BCUT2D eigenvalue weighted by Gasteiger charge is 2.38. The molecule has 0 amide bonds. The minimum atomic E-state index is 0.329. The van der Waals surface area contributed by atoms with Gasteiger partial charge < -0.3 is 9.47 Å². The van der Waals surface area contributed by atoms with Crippen LogP contribution in [0, 0.1) is 0 Å². The molecule has 0 aromatic heterocycles. The van der Waals surface area contributed by atoms with E-state index in [0.717, 1.165) is 5.75 Å². The number of para-hydroxylation sites is 1. The van der Waals surface area contributed by atoms with E-state index < -0.39 is 0 Å². The van der Waals surface area contributed by atoms with Gasteiger partial charge in [-0.1, -0.05) is 70.1 Å². The summed E-state index contributed by atoms with van der Waals surface area (Å²) in [5, 5.41) is 0. The van der Waals surface area contributed by atoms with Crippen molar-refractivity contribution in [2.24, 2.45) is 0 Å². The van der Waals surface area contributed by atoms with Crippen LogP contribution in [0.4, 0.5) is 0 Å². The Balaban J connectivity index is 1.43. The molecule has 1 aromatic rings. The van der Waals surface area contributed by atoms with E-state index >= 15 is 0 Å². The summed E-state index contributed by atoms with van der Waals surface area (Å²) in [6, 6.07) is 9.99. The smallest absolute Gasteiger partial charge is 0.119 e. The normalized spacial score (nSPS) is 20.9. The first-order valence-corrected chi connectivity index (χ1v) is 8.23. The molecule has 2 atom stereocenters. The molecule has 1 heterocycles. The Morgan fingerprint density at radius 3 is 2.35 bits per heavy atom. The number of benzene rings is 1. The van der Waals surface area contributed by atoms with Crippen molar-refractivity contribution >= 4 is 0 Å². The van der Waals surface area contributed by atoms with E-state index in [2.05, 4.69) is 6.92 Å². The Morgan fingerprint density at radius 2 is 1.60 bits per heavy atom. The minimum Gasteiger partial charge on any atom is -0.491 e. The van der Waals surface area contributed by atoms with Crippen molar-refractivity contribution in [1.82, 2.24) is 0 Å². The first-order valence-electron chi connectivity index (χ1n) is 8.23. The molecule has 0 bridgehead atoms. The number of hydrogen-bond donors (Lipinski definition) is 0. The van der Waals surface area contributed by atoms with Crippen LogP contribution in [0.15, 0.2) is 30.3 Å². The maximum Gasteiger partial charge on any atom is 0.119 e. The third-order valence-electron chi connectivity index (χ3n) is 3.94. The Kier molecular flexibility index (Phi) is 6.93. The van der Waals surface area contributed by atoms with Gasteiger partial charge in [-0.3, -0.25) is 0 Å². The molecule has 0 saturated carbocycles. The third kappa shape index (κ3) is 5.96. The zero-order valence-corrected chi connectivity index (χ0v) is 12.7. The summed E-state index contributed by atoms with van der Waals surface area (Å²) in [5.41, 5.74) is 0. The number of unbranched alkanes of at least 4 members (excludes halogenated alkanes) is 6. The van der Waals surface area contributed by atoms with Gasteiger partial charge in [0.1, 0.15) is 18.5 Å². The molecule has 0 spiro atoms. The van der Waals surface area contributed by atoms with Gasteiger partial charge >= 0.3 is 0 Å². The SMILES string of the molecule is CCCCCCCCCC1OC1COc1ccccc1. The largest absolute Gasteiger partial charge is 0.491 e. The summed E-state index contributed by atoms with van der Waals surface area (Å²) in [4.78, 5) is 0. The lowest BCUT2D eigenvalue weighted by atomic mass is 10.1. The average Bonchev–Trinajstić information content (AvgIpc) is 3.24. The molecule has 1 aliphatic heterocycles. The highest BCUT2D eigenvalue weighted by molar-refractivity contribution is 5.21. The summed E-state index contributed by atoms with van der Waals surface area (Å²) < 4.78 is 11.4. The van der Waals surface area contributed by atoms with E-state index in [1.54, 1.807) is 0 Å². The quantitative estimate of drug-likeness (QED) is 0.420. The fourth-order valence-electron chi connectivity index (χ4n) is 2.58. The molecule has 112 valence electrons. The minimum absolute atomic E-state index is 0.329. The Morgan fingerprint density at radius 1 is 0.900 bits per heavy atom. The molecule has 0 N–H and O–H groups in total. The van der Waals surface area contributed by atoms with Crippen LogP contribution in [0.25, 0.3) is 0 Å². The second-order valence-electron chi connectivity index (χ2n) is 5.75. The van der Waals surface area contributed by atoms with Crippen molar-refractivity contribution in [2.75, 3.05) is 6.61 Å². The molecule has 0 aliphatic carbocycles. The van der Waals surface area contributed by atoms with Gasteiger partial charge in [-0.25, -0.2) is 0 Å². The molecule has 1 fully saturated rings. The Labute approximate surface area is 123 Å². The highest BCUT2D eigenvalue weighted by atomic mass is 16.6. The predicted octanol–water partition coefficient (Wildman–Crippen LogP) is 4.97. The Bertz CT molecular complexity index is 350. The van der Waals surface area contributed by atoms with Crippen LogP contribution in [0.2, 0.25) is 0 Å². The molecule has 1 saturated heterocycles. The van der Waals surface area contributed by atoms with E-state index in [0.29, 0.717) is 18.8 Å². The van der Waals surface area contributed by atoms with Crippen LogP contribution >= 0.6 is 0 Å². The van der Waals surface area contributed by atoms with Crippen molar-refractivity contribution < 1.29 is 9.47 Å². The van der Waals surface area contributed by atoms with E-state index in [4.69, 9.17) is 9.47 Å². The lowest BCUT2D eigenvalue weighted by Crippen LogP contribution is -2.07. The molecule has 0 radical (unpaired) electrons. The number of rotatable bonds is 11. The standard InChI is InChI=1S/C18H28O2/c1-2-3-4-5-6-7-11-14-17-18(20-17)15-19-16-12-9-8-10-13-16/h8-10,12-13,17-18H,2-7,11,14-15H2,1H3. The summed E-state index contributed by atoms with van der Waals surface area (Å²) in [5.74, 6) is 0.942. The van der Waals surface area contributed by atoms with E-state index in [-0.39, 0.29) is 0 Å². The summed E-state index contributed by atoms with van der Waals surface area (Å²) >= 11 is 0. The van der Waals surface area contributed by atoms with Gasteiger partial charge in [-0.05, 0) is 18.6 Å². The van der Waals surface area contributed by atoms with Gasteiger partial charge in [0, 0.05) is 0 Å².